The number of carbonyl (C=O) groups is 1. The summed E-state index contributed by atoms with van der Waals surface area (Å²) in [5, 5.41) is 4.31. The number of hydrogen-bond acceptors (Lipinski definition) is 3. The Morgan fingerprint density at radius 1 is 1.42 bits per heavy atom. The van der Waals surface area contributed by atoms with E-state index >= 15 is 0 Å². The minimum Gasteiger partial charge on any atom is -0.311 e. The maximum Gasteiger partial charge on any atom is 0.230 e. The number of amides is 1. The Morgan fingerprint density at radius 2 is 2.29 bits per heavy atom. The van der Waals surface area contributed by atoms with Crippen LogP contribution in [0.3, 0.4) is 0 Å². The number of fused-ring (bicyclic) bond motifs is 2. The minimum absolute atomic E-state index is 0.0490. The van der Waals surface area contributed by atoms with E-state index in [2.05, 4.69) is 5.10 Å². The van der Waals surface area contributed by atoms with E-state index in [1.807, 2.05) is 22.8 Å². The van der Waals surface area contributed by atoms with Gasteiger partial charge in [-0.2, -0.15) is 5.10 Å². The van der Waals surface area contributed by atoms with Crippen LogP contribution in [0, 0.1) is 11.7 Å². The van der Waals surface area contributed by atoms with Crippen LogP contribution in [-0.2, 0) is 24.7 Å². The largest absolute Gasteiger partial charge is 0.311 e. The van der Waals surface area contributed by atoms with Gasteiger partial charge in [0.05, 0.1) is 11.9 Å². The Labute approximate surface area is 145 Å². The summed E-state index contributed by atoms with van der Waals surface area (Å²) in [6, 6.07) is 4.77. The summed E-state index contributed by atoms with van der Waals surface area (Å²) in [5.74, 6) is 0.744. The van der Waals surface area contributed by atoms with Gasteiger partial charge in [0, 0.05) is 36.5 Å². The predicted molar refractivity (Wildman–Crippen MR) is 92.8 cm³/mol. The molecule has 1 amide bonds. The predicted octanol–water partition coefficient (Wildman–Crippen LogP) is 3.19. The van der Waals surface area contributed by atoms with Crippen LogP contribution in [0.4, 0.5) is 10.1 Å². The Morgan fingerprint density at radius 3 is 3.17 bits per heavy atom. The molecule has 0 saturated heterocycles. The lowest BCUT2D eigenvalue weighted by atomic mass is 9.87. The molecule has 0 saturated carbocycles. The summed E-state index contributed by atoms with van der Waals surface area (Å²) >= 11 is 1.70. The van der Waals surface area contributed by atoms with Gasteiger partial charge in [0.1, 0.15) is 5.82 Å². The third kappa shape index (κ3) is 2.73. The van der Waals surface area contributed by atoms with Crippen LogP contribution in [0.15, 0.2) is 29.3 Å². The van der Waals surface area contributed by atoms with Crippen molar-refractivity contribution in [2.24, 2.45) is 13.0 Å². The Kier molecular flexibility index (Phi) is 4.08. The zero-order valence-corrected chi connectivity index (χ0v) is 14.5. The molecular formula is C18H20FN3OS. The summed E-state index contributed by atoms with van der Waals surface area (Å²) in [6.07, 6.45) is 5.28. The van der Waals surface area contributed by atoms with Crippen LogP contribution in [0.1, 0.15) is 24.1 Å². The van der Waals surface area contributed by atoms with E-state index in [0.29, 0.717) is 6.54 Å². The number of aryl methyl sites for hydroxylation is 2. The number of thioether (sulfide) groups is 1. The average Bonchev–Trinajstić information content (AvgIpc) is 2.83. The monoisotopic (exact) mass is 345 g/mol. The molecule has 2 aliphatic rings. The zero-order chi connectivity index (χ0) is 16.7. The van der Waals surface area contributed by atoms with Gasteiger partial charge in [-0.25, -0.2) is 4.39 Å². The SMILES string of the molecule is Cn1ncc2c1C[C@@H](C(=O)N1CCCSc3ccc(F)cc31)CC2. The number of rotatable bonds is 1. The van der Waals surface area contributed by atoms with Gasteiger partial charge in [0.15, 0.2) is 0 Å². The van der Waals surface area contributed by atoms with Crippen molar-refractivity contribution in [2.45, 2.75) is 30.6 Å². The second-order valence-electron chi connectivity index (χ2n) is 6.48. The van der Waals surface area contributed by atoms with Crippen LogP contribution in [0.25, 0.3) is 0 Å². The molecule has 2 heterocycles. The Bertz CT molecular complexity index is 789. The summed E-state index contributed by atoms with van der Waals surface area (Å²) in [6.45, 7) is 0.664. The first-order chi connectivity index (χ1) is 11.6. The smallest absolute Gasteiger partial charge is 0.230 e. The van der Waals surface area contributed by atoms with E-state index in [4.69, 9.17) is 0 Å². The highest BCUT2D eigenvalue weighted by molar-refractivity contribution is 7.99. The van der Waals surface area contributed by atoms with Gasteiger partial charge in [0.25, 0.3) is 0 Å². The molecule has 4 rings (SSSR count). The van der Waals surface area contributed by atoms with Crippen molar-refractivity contribution >= 4 is 23.4 Å². The molecule has 126 valence electrons. The van der Waals surface area contributed by atoms with Gasteiger partial charge in [-0.3, -0.25) is 9.48 Å². The molecule has 4 nitrogen and oxygen atoms in total. The van der Waals surface area contributed by atoms with Crippen molar-refractivity contribution in [3.8, 4) is 0 Å². The number of nitrogens with zero attached hydrogens (tertiary/aromatic N) is 3. The maximum atomic E-state index is 13.8. The van der Waals surface area contributed by atoms with Crippen LogP contribution >= 0.6 is 11.8 Å². The summed E-state index contributed by atoms with van der Waals surface area (Å²) < 4.78 is 15.6. The molecular weight excluding hydrogens is 325 g/mol. The second kappa shape index (κ2) is 6.24. The number of carbonyl (C=O) groups excluding carboxylic acids is 1. The number of anilines is 1. The van der Waals surface area contributed by atoms with E-state index in [1.54, 1.807) is 17.8 Å². The zero-order valence-electron chi connectivity index (χ0n) is 13.7. The fourth-order valence-corrected chi connectivity index (χ4v) is 4.63. The first-order valence-electron chi connectivity index (χ1n) is 8.37. The topological polar surface area (TPSA) is 38.1 Å². The van der Waals surface area contributed by atoms with Gasteiger partial charge >= 0.3 is 0 Å². The summed E-state index contributed by atoms with van der Waals surface area (Å²) in [4.78, 5) is 16.0. The van der Waals surface area contributed by atoms with E-state index in [-0.39, 0.29) is 17.6 Å². The quantitative estimate of drug-likeness (QED) is 0.797. The highest BCUT2D eigenvalue weighted by atomic mass is 32.2. The molecule has 1 atom stereocenters. The van der Waals surface area contributed by atoms with Gasteiger partial charge in [-0.1, -0.05) is 0 Å². The summed E-state index contributed by atoms with van der Waals surface area (Å²) in [5.41, 5.74) is 3.14. The number of halogens is 1. The molecule has 0 N–H and O–H groups in total. The van der Waals surface area contributed by atoms with Gasteiger partial charge < -0.3 is 4.90 Å². The molecule has 1 aliphatic heterocycles. The molecule has 0 bridgehead atoms. The third-order valence-electron chi connectivity index (χ3n) is 4.96. The van der Waals surface area contributed by atoms with Crippen molar-refractivity contribution in [3.05, 3.63) is 41.5 Å². The first-order valence-corrected chi connectivity index (χ1v) is 9.35. The highest BCUT2D eigenvalue weighted by Gasteiger charge is 2.32. The van der Waals surface area contributed by atoms with Crippen molar-refractivity contribution in [2.75, 3.05) is 17.2 Å². The van der Waals surface area contributed by atoms with Gasteiger partial charge in [-0.15, -0.1) is 11.8 Å². The first kappa shape index (κ1) is 15.7. The molecule has 2 aromatic rings. The second-order valence-corrected chi connectivity index (χ2v) is 7.62. The fourth-order valence-electron chi connectivity index (χ4n) is 3.65. The Balaban J connectivity index is 1.63. The highest BCUT2D eigenvalue weighted by Crippen LogP contribution is 2.36. The number of benzene rings is 1. The molecule has 0 spiro atoms. The van der Waals surface area contributed by atoms with Crippen LogP contribution in [0.5, 0.6) is 0 Å². The molecule has 0 fully saturated rings. The lowest BCUT2D eigenvalue weighted by Gasteiger charge is -2.29. The molecule has 1 aliphatic carbocycles. The van der Waals surface area contributed by atoms with E-state index < -0.39 is 0 Å². The molecule has 1 aromatic carbocycles. The number of hydrogen-bond donors (Lipinski definition) is 0. The standard InChI is InChI=1S/C18H20FN3OS/c1-21-15-9-12(3-4-13(15)11-20-21)18(23)22-7-2-8-24-17-6-5-14(19)10-16(17)22/h5-6,10-12H,2-4,7-9H2,1H3/t12-/m0/s1. The van der Waals surface area contributed by atoms with Crippen molar-refractivity contribution in [1.29, 1.82) is 0 Å². The van der Waals surface area contributed by atoms with Crippen molar-refractivity contribution < 1.29 is 9.18 Å². The Hall–Kier alpha value is -1.82. The average molecular weight is 345 g/mol. The van der Waals surface area contributed by atoms with E-state index in [1.165, 1.54) is 17.7 Å². The normalized spacial score (nSPS) is 20.2. The van der Waals surface area contributed by atoms with Crippen molar-refractivity contribution in [3.63, 3.8) is 0 Å². The fraction of sp³-hybridized carbons (Fsp3) is 0.444. The lowest BCUT2D eigenvalue weighted by molar-refractivity contribution is -0.122. The lowest BCUT2D eigenvalue weighted by Crippen LogP contribution is -2.39. The summed E-state index contributed by atoms with van der Waals surface area (Å²) in [7, 11) is 1.93. The molecule has 0 unspecified atom stereocenters. The van der Waals surface area contributed by atoms with Crippen LogP contribution < -0.4 is 4.90 Å². The third-order valence-corrected chi connectivity index (χ3v) is 6.11. The minimum atomic E-state index is -0.286. The molecule has 24 heavy (non-hydrogen) atoms. The van der Waals surface area contributed by atoms with E-state index in [0.717, 1.165) is 47.7 Å². The molecule has 0 radical (unpaired) electrons. The molecule has 1 aromatic heterocycles. The van der Waals surface area contributed by atoms with E-state index in [9.17, 15) is 9.18 Å². The van der Waals surface area contributed by atoms with Crippen LogP contribution in [-0.4, -0.2) is 28.0 Å². The molecule has 6 heteroatoms. The number of aromatic nitrogens is 2. The van der Waals surface area contributed by atoms with Crippen LogP contribution in [0.2, 0.25) is 0 Å². The maximum absolute atomic E-state index is 13.8. The van der Waals surface area contributed by atoms with Crippen molar-refractivity contribution in [1.82, 2.24) is 9.78 Å². The van der Waals surface area contributed by atoms with Gasteiger partial charge in [0.2, 0.25) is 5.91 Å². The van der Waals surface area contributed by atoms with Gasteiger partial charge in [-0.05, 0) is 48.8 Å².